The zero-order valence-electron chi connectivity index (χ0n) is 14.3. The molecule has 26 heavy (non-hydrogen) atoms. The maximum Gasteiger partial charge on any atom is 0.167 e. The van der Waals surface area contributed by atoms with Gasteiger partial charge in [-0.05, 0) is 40.6 Å². The molecule has 0 spiro atoms. The first-order valence-corrected chi connectivity index (χ1v) is 8.41. The maximum absolute atomic E-state index is 12.5. The zero-order chi connectivity index (χ0) is 18.4. The highest BCUT2D eigenvalue weighted by Crippen LogP contribution is 2.18. The largest absolute Gasteiger partial charge is 0.489 e. The molecule has 4 heteroatoms. The van der Waals surface area contributed by atoms with Crippen molar-refractivity contribution in [3.05, 3.63) is 89.8 Å². The molecule has 132 valence electrons. The Hall–Kier alpha value is -2.98. The van der Waals surface area contributed by atoms with Crippen LogP contribution >= 0.6 is 0 Å². The fourth-order valence-corrected chi connectivity index (χ4v) is 2.68. The van der Waals surface area contributed by atoms with Crippen LogP contribution in [0.15, 0.2) is 78.6 Å². The monoisotopic (exact) mass is 349 g/mol. The molecule has 0 amide bonds. The molecule has 0 unspecified atom stereocenters. The van der Waals surface area contributed by atoms with Gasteiger partial charge in [0, 0.05) is 24.1 Å². The van der Waals surface area contributed by atoms with Gasteiger partial charge in [0.1, 0.15) is 12.4 Å². The van der Waals surface area contributed by atoms with Gasteiger partial charge in [-0.15, -0.1) is 0 Å². The van der Waals surface area contributed by atoms with Crippen molar-refractivity contribution in [1.29, 1.82) is 0 Å². The molecule has 3 rings (SSSR count). The van der Waals surface area contributed by atoms with E-state index in [1.54, 1.807) is 24.3 Å². The van der Waals surface area contributed by atoms with E-state index in [4.69, 9.17) is 10.5 Å². The second-order valence-electron chi connectivity index (χ2n) is 6.07. The molecule has 0 saturated heterocycles. The van der Waals surface area contributed by atoms with Crippen molar-refractivity contribution in [2.75, 3.05) is 13.2 Å². The first-order valence-electron chi connectivity index (χ1n) is 8.41. The molecule has 0 bridgehead atoms. The number of Topliss-reactive ketones (excluding diaryl/α,β-unsaturated/α-hetero) is 1. The van der Waals surface area contributed by atoms with Crippen LogP contribution in [0.3, 0.4) is 0 Å². The van der Waals surface area contributed by atoms with Crippen LogP contribution < -0.4 is 10.5 Å². The van der Waals surface area contributed by atoms with Crippen molar-refractivity contribution in [2.45, 2.75) is 6.42 Å². The minimum Gasteiger partial charge on any atom is -0.489 e. The number of halogens is 1. The van der Waals surface area contributed by atoms with Gasteiger partial charge in [0.15, 0.2) is 5.78 Å². The molecule has 0 radical (unpaired) electrons. The van der Waals surface area contributed by atoms with Gasteiger partial charge in [0.25, 0.3) is 0 Å². The van der Waals surface area contributed by atoms with E-state index in [9.17, 15) is 9.18 Å². The Morgan fingerprint density at radius 2 is 1.73 bits per heavy atom. The third kappa shape index (κ3) is 4.35. The van der Waals surface area contributed by atoms with Crippen LogP contribution in [0.1, 0.15) is 15.9 Å². The number of nitrogens with two attached hydrogens (primary N) is 1. The average molecular weight is 349 g/mol. The van der Waals surface area contributed by atoms with Crippen molar-refractivity contribution in [1.82, 2.24) is 0 Å². The van der Waals surface area contributed by atoms with Gasteiger partial charge in [-0.2, -0.15) is 0 Å². The molecule has 3 nitrogen and oxygen atoms in total. The summed E-state index contributed by atoms with van der Waals surface area (Å²) in [4.78, 5) is 12.5. The number of ketones is 1. The summed E-state index contributed by atoms with van der Waals surface area (Å²) < 4.78 is 17.9. The van der Waals surface area contributed by atoms with Crippen molar-refractivity contribution in [3.63, 3.8) is 0 Å². The molecule has 0 aliphatic carbocycles. The minimum atomic E-state index is 0.0399. The Labute approximate surface area is 151 Å². The summed E-state index contributed by atoms with van der Waals surface area (Å²) in [5.41, 5.74) is 7.36. The molecule has 3 aromatic rings. The third-order valence-electron chi connectivity index (χ3n) is 4.20. The van der Waals surface area contributed by atoms with E-state index >= 15 is 0 Å². The smallest absolute Gasteiger partial charge is 0.167 e. The quantitative estimate of drug-likeness (QED) is 0.641. The lowest BCUT2D eigenvalue weighted by atomic mass is 10.00. The summed E-state index contributed by atoms with van der Waals surface area (Å²) in [6, 6.07) is 21.0. The van der Waals surface area contributed by atoms with Crippen LogP contribution in [-0.2, 0) is 6.42 Å². The standard InChI is InChI=1S/C22H20FNO2/c23-13-17(14-24)15-26-21-9-7-19(8-10-21)22(25)12-16-5-6-18-3-1-2-4-20(18)11-16/h1-11,13H,12,14-15,24H2. The van der Waals surface area contributed by atoms with Crippen LogP contribution in [0.4, 0.5) is 4.39 Å². The summed E-state index contributed by atoms with van der Waals surface area (Å²) in [7, 11) is 0. The summed E-state index contributed by atoms with van der Waals surface area (Å²) in [6.07, 6.45) is 0.800. The molecule has 2 N–H and O–H groups in total. The molecule has 0 aliphatic rings. The Balaban J connectivity index is 1.65. The highest BCUT2D eigenvalue weighted by atomic mass is 19.1. The number of rotatable bonds is 7. The molecule has 0 heterocycles. The first kappa shape index (κ1) is 17.8. The molecule has 0 atom stereocenters. The zero-order valence-corrected chi connectivity index (χ0v) is 14.3. The Kier molecular flexibility index (Phi) is 5.77. The maximum atomic E-state index is 12.5. The van der Waals surface area contributed by atoms with E-state index in [0.29, 0.717) is 29.6 Å². The predicted octanol–water partition coefficient (Wildman–Crippen LogP) is 4.46. The van der Waals surface area contributed by atoms with Crippen LogP contribution in [-0.4, -0.2) is 18.9 Å². The summed E-state index contributed by atoms with van der Waals surface area (Å²) in [5, 5.41) is 2.28. The SMILES string of the molecule is NCC(=CF)COc1ccc(C(=O)Cc2ccc3ccccc3c2)cc1. The van der Waals surface area contributed by atoms with Crippen LogP contribution in [0.5, 0.6) is 5.75 Å². The van der Waals surface area contributed by atoms with Crippen molar-refractivity contribution < 1.29 is 13.9 Å². The molecule has 3 aromatic carbocycles. The van der Waals surface area contributed by atoms with Crippen molar-refractivity contribution in [2.24, 2.45) is 5.73 Å². The number of carbonyl (C=O) groups is 1. The highest BCUT2D eigenvalue weighted by Gasteiger charge is 2.08. The van der Waals surface area contributed by atoms with Gasteiger partial charge in [0.05, 0.1) is 6.33 Å². The van der Waals surface area contributed by atoms with Gasteiger partial charge < -0.3 is 10.5 Å². The number of carbonyl (C=O) groups excluding carboxylic acids is 1. The van der Waals surface area contributed by atoms with Crippen LogP contribution in [0.25, 0.3) is 10.8 Å². The van der Waals surface area contributed by atoms with E-state index in [1.165, 1.54) is 0 Å². The number of hydrogen-bond donors (Lipinski definition) is 1. The highest BCUT2D eigenvalue weighted by molar-refractivity contribution is 5.98. The van der Waals surface area contributed by atoms with Gasteiger partial charge >= 0.3 is 0 Å². The fraction of sp³-hybridized carbons (Fsp3) is 0.136. The Morgan fingerprint density at radius 1 is 1.00 bits per heavy atom. The van der Waals surface area contributed by atoms with Gasteiger partial charge in [0.2, 0.25) is 0 Å². The molecule has 0 fully saturated rings. The van der Waals surface area contributed by atoms with Crippen LogP contribution in [0.2, 0.25) is 0 Å². The van der Waals surface area contributed by atoms with Crippen molar-refractivity contribution >= 4 is 16.6 Å². The first-order chi connectivity index (χ1) is 12.7. The average Bonchev–Trinajstić information content (AvgIpc) is 2.69. The second kappa shape index (κ2) is 8.41. The molecule has 0 saturated carbocycles. The lowest BCUT2D eigenvalue weighted by Crippen LogP contribution is -2.10. The van der Waals surface area contributed by atoms with E-state index in [0.717, 1.165) is 16.3 Å². The normalized spacial score (nSPS) is 11.5. The molecule has 0 aromatic heterocycles. The Morgan fingerprint density at radius 3 is 2.42 bits per heavy atom. The number of fused-ring (bicyclic) bond motifs is 1. The number of hydrogen-bond acceptors (Lipinski definition) is 3. The molecule has 0 aliphatic heterocycles. The van der Waals surface area contributed by atoms with Crippen molar-refractivity contribution in [3.8, 4) is 5.75 Å². The number of benzene rings is 3. The fourth-order valence-electron chi connectivity index (χ4n) is 2.68. The minimum absolute atomic E-state index is 0.0399. The lowest BCUT2D eigenvalue weighted by Gasteiger charge is -2.08. The topological polar surface area (TPSA) is 52.3 Å². The molecular weight excluding hydrogens is 329 g/mol. The van der Waals surface area contributed by atoms with Gasteiger partial charge in [-0.3, -0.25) is 4.79 Å². The van der Waals surface area contributed by atoms with Gasteiger partial charge in [-0.25, -0.2) is 4.39 Å². The van der Waals surface area contributed by atoms with Gasteiger partial charge in [-0.1, -0.05) is 42.5 Å². The number of ether oxygens (including phenoxy) is 1. The Bertz CT molecular complexity index is 932. The second-order valence-corrected chi connectivity index (χ2v) is 6.07. The van der Waals surface area contributed by atoms with E-state index in [2.05, 4.69) is 0 Å². The lowest BCUT2D eigenvalue weighted by molar-refractivity contribution is 0.0993. The van der Waals surface area contributed by atoms with E-state index < -0.39 is 0 Å². The summed E-state index contributed by atoms with van der Waals surface area (Å²) in [6.45, 7) is 0.205. The van der Waals surface area contributed by atoms with Crippen LogP contribution in [0, 0.1) is 0 Å². The summed E-state index contributed by atoms with van der Waals surface area (Å²) in [5.74, 6) is 0.609. The summed E-state index contributed by atoms with van der Waals surface area (Å²) >= 11 is 0. The van der Waals surface area contributed by atoms with E-state index in [1.807, 2.05) is 42.5 Å². The predicted molar refractivity (Wildman–Crippen MR) is 102 cm³/mol. The molecular formula is C22H20FNO2. The third-order valence-corrected chi connectivity index (χ3v) is 4.20. The van der Waals surface area contributed by atoms with E-state index in [-0.39, 0.29) is 18.9 Å².